The summed E-state index contributed by atoms with van der Waals surface area (Å²) in [7, 11) is 6.05. The van der Waals surface area contributed by atoms with Gasteiger partial charge in [0.05, 0.1) is 28.4 Å². The number of hydrogen-bond acceptors (Lipinski definition) is 7. The van der Waals surface area contributed by atoms with Gasteiger partial charge in [-0.3, -0.25) is 9.32 Å². The number of rotatable bonds is 8. The second-order valence-electron chi connectivity index (χ2n) is 6.02. The van der Waals surface area contributed by atoms with Crippen molar-refractivity contribution in [3.8, 4) is 28.7 Å². The van der Waals surface area contributed by atoms with E-state index in [9.17, 15) is 9.59 Å². The van der Waals surface area contributed by atoms with Gasteiger partial charge in [-0.2, -0.15) is 0 Å². The molecule has 30 heavy (non-hydrogen) atoms. The Morgan fingerprint density at radius 1 is 0.967 bits per heavy atom. The summed E-state index contributed by atoms with van der Waals surface area (Å²) in [5.41, 5.74) is 0.189. The predicted molar refractivity (Wildman–Crippen MR) is 107 cm³/mol. The topological polar surface area (TPSA) is 104 Å². The highest BCUT2D eigenvalue weighted by atomic mass is 16.5. The lowest BCUT2D eigenvalue weighted by atomic mass is 10.1. The summed E-state index contributed by atoms with van der Waals surface area (Å²) in [5.74, 6) is 1.42. The highest BCUT2D eigenvalue weighted by Gasteiger charge is 2.29. The van der Waals surface area contributed by atoms with Crippen molar-refractivity contribution in [2.75, 3.05) is 28.4 Å². The summed E-state index contributed by atoms with van der Waals surface area (Å²) in [6, 6.07) is 10.1. The highest BCUT2D eigenvalue weighted by molar-refractivity contribution is 6.04. The molecule has 2 aromatic carbocycles. The van der Waals surface area contributed by atoms with Crippen LogP contribution in [0.5, 0.6) is 23.0 Å². The first kappa shape index (κ1) is 20.7. The number of benzene rings is 2. The molecule has 0 saturated carbocycles. The lowest BCUT2D eigenvalue weighted by molar-refractivity contribution is -0.672. The maximum atomic E-state index is 12.7. The van der Waals surface area contributed by atoms with Crippen LogP contribution in [0.25, 0.3) is 11.8 Å². The number of aromatic nitrogens is 2. The predicted octanol–water partition coefficient (Wildman–Crippen LogP) is 2.18. The van der Waals surface area contributed by atoms with Gasteiger partial charge in [0.2, 0.25) is 11.4 Å². The van der Waals surface area contributed by atoms with Gasteiger partial charge in [0.25, 0.3) is 5.78 Å². The van der Waals surface area contributed by atoms with E-state index in [0.717, 1.165) is 0 Å². The first-order chi connectivity index (χ1) is 14.5. The third-order valence-electron chi connectivity index (χ3n) is 4.32. The first-order valence-corrected chi connectivity index (χ1v) is 8.82. The van der Waals surface area contributed by atoms with Crippen molar-refractivity contribution >= 4 is 11.9 Å². The molecule has 0 spiro atoms. The fraction of sp³-hybridized carbons (Fsp3) is 0.190. The summed E-state index contributed by atoms with van der Waals surface area (Å²) in [6.07, 6.45) is 2.80. The zero-order valence-corrected chi connectivity index (χ0v) is 16.9. The second kappa shape index (κ2) is 8.99. The molecule has 156 valence electrons. The lowest BCUT2D eigenvalue weighted by Crippen LogP contribution is -2.40. The van der Waals surface area contributed by atoms with Crippen LogP contribution in [-0.4, -0.2) is 39.5 Å². The van der Waals surface area contributed by atoms with E-state index in [4.69, 9.17) is 23.5 Å². The number of methoxy groups -OCH3 is 4. The van der Waals surface area contributed by atoms with Gasteiger partial charge in [0, 0.05) is 12.1 Å². The molecule has 0 bridgehead atoms. The van der Waals surface area contributed by atoms with Gasteiger partial charge in [-0.15, -0.1) is 0 Å². The van der Waals surface area contributed by atoms with Crippen molar-refractivity contribution in [1.82, 2.24) is 5.27 Å². The van der Waals surface area contributed by atoms with E-state index in [-0.39, 0.29) is 5.69 Å². The zero-order valence-electron chi connectivity index (χ0n) is 16.9. The first-order valence-electron chi connectivity index (χ1n) is 8.82. The second-order valence-corrected chi connectivity index (χ2v) is 6.02. The van der Waals surface area contributed by atoms with Crippen molar-refractivity contribution in [2.24, 2.45) is 0 Å². The van der Waals surface area contributed by atoms with Crippen LogP contribution in [0.2, 0.25) is 0 Å². The molecular formula is C21H21N2O7+. The van der Waals surface area contributed by atoms with Crippen LogP contribution in [-0.2, 0) is 0 Å². The van der Waals surface area contributed by atoms with Gasteiger partial charge in [0.1, 0.15) is 5.75 Å². The number of ether oxygens (including phenoxy) is 4. The van der Waals surface area contributed by atoms with Crippen molar-refractivity contribution in [3.05, 3.63) is 64.2 Å². The van der Waals surface area contributed by atoms with Gasteiger partial charge in [0.15, 0.2) is 11.5 Å². The molecule has 0 atom stereocenters. The number of ketones is 1. The normalized spacial score (nSPS) is 10.8. The van der Waals surface area contributed by atoms with Gasteiger partial charge < -0.3 is 18.9 Å². The van der Waals surface area contributed by atoms with Crippen LogP contribution in [0.3, 0.4) is 0 Å². The Kier molecular flexibility index (Phi) is 6.21. The van der Waals surface area contributed by atoms with E-state index in [1.807, 2.05) is 0 Å². The number of H-pyrrole nitrogens is 1. The molecular weight excluding hydrogens is 392 g/mol. The SMILES string of the molecule is COc1ccc(-[n+]2[nH]oc(=O)c2C(=O)/C=C/c2cc(OC)c(OC)c(OC)c2)cc1. The molecule has 0 amide bonds. The van der Waals surface area contributed by atoms with Gasteiger partial charge in [-0.05, 0) is 45.9 Å². The smallest absolute Gasteiger partial charge is 0.439 e. The molecule has 0 aliphatic carbocycles. The minimum atomic E-state index is -0.787. The maximum absolute atomic E-state index is 12.7. The Hall–Kier alpha value is -4.01. The standard InChI is InChI=1S/C21H20N2O7/c1-26-15-8-6-14(7-9-15)23-19(21(25)30-22-23)16(24)10-5-13-11-17(27-2)20(29-4)18(12-13)28-3/h5-12H,1-4H3/p+1/b10-5+. The molecule has 1 N–H and O–H groups in total. The summed E-state index contributed by atoms with van der Waals surface area (Å²) in [5, 5.41) is 2.44. The number of carbonyl (C=O) groups excluding carboxylic acids is 1. The minimum Gasteiger partial charge on any atom is -0.497 e. The monoisotopic (exact) mass is 413 g/mol. The van der Waals surface area contributed by atoms with Crippen molar-refractivity contribution in [3.63, 3.8) is 0 Å². The fourth-order valence-corrected chi connectivity index (χ4v) is 2.84. The quantitative estimate of drug-likeness (QED) is 0.343. The number of hydrogen-bond donors (Lipinski definition) is 1. The van der Waals surface area contributed by atoms with Gasteiger partial charge in [-0.25, -0.2) is 4.79 Å². The molecule has 0 fully saturated rings. The molecule has 0 radical (unpaired) electrons. The molecule has 0 unspecified atom stereocenters. The summed E-state index contributed by atoms with van der Waals surface area (Å²) >= 11 is 0. The van der Waals surface area contributed by atoms with E-state index in [1.165, 1.54) is 38.2 Å². The molecule has 1 aromatic heterocycles. The molecule has 3 rings (SSSR count). The molecule has 0 saturated heterocycles. The molecule has 9 heteroatoms. The molecule has 0 aliphatic heterocycles. The Balaban J connectivity index is 1.94. The van der Waals surface area contributed by atoms with Crippen molar-refractivity contribution in [2.45, 2.75) is 0 Å². The summed E-state index contributed by atoms with van der Waals surface area (Å²) in [6.45, 7) is 0. The minimum absolute atomic E-state index is 0.177. The Labute approximate surface area is 172 Å². The van der Waals surface area contributed by atoms with Crippen LogP contribution in [0, 0.1) is 0 Å². The summed E-state index contributed by atoms with van der Waals surface area (Å²) in [4.78, 5) is 24.9. The van der Waals surface area contributed by atoms with Crippen LogP contribution in [0.1, 0.15) is 16.1 Å². The third-order valence-corrected chi connectivity index (χ3v) is 4.32. The number of carbonyl (C=O) groups is 1. The fourth-order valence-electron chi connectivity index (χ4n) is 2.84. The number of allylic oxidation sites excluding steroid dienone is 1. The number of nitrogens with one attached hydrogen (secondary N) is 1. The third kappa shape index (κ3) is 4.04. The maximum Gasteiger partial charge on any atom is 0.439 e. The molecule has 0 aliphatic rings. The number of nitrogens with zero attached hydrogens (tertiary/aromatic N) is 1. The van der Waals surface area contributed by atoms with E-state index >= 15 is 0 Å². The van der Waals surface area contributed by atoms with Crippen LogP contribution in [0.4, 0.5) is 0 Å². The lowest BCUT2D eigenvalue weighted by Gasteiger charge is -2.12. The van der Waals surface area contributed by atoms with E-state index in [1.54, 1.807) is 43.5 Å². The van der Waals surface area contributed by atoms with E-state index < -0.39 is 11.4 Å². The van der Waals surface area contributed by atoms with Gasteiger partial charge >= 0.3 is 11.3 Å². The zero-order chi connectivity index (χ0) is 21.7. The average Bonchev–Trinajstić information content (AvgIpc) is 3.17. The Morgan fingerprint density at radius 2 is 1.60 bits per heavy atom. The van der Waals surface area contributed by atoms with E-state index in [2.05, 4.69) is 5.27 Å². The van der Waals surface area contributed by atoms with Gasteiger partial charge in [-0.1, -0.05) is 6.08 Å². The van der Waals surface area contributed by atoms with E-state index in [0.29, 0.717) is 34.2 Å². The van der Waals surface area contributed by atoms with Crippen LogP contribution in [0.15, 0.2) is 51.8 Å². The molecule has 3 aromatic rings. The average molecular weight is 413 g/mol. The van der Waals surface area contributed by atoms with Crippen molar-refractivity contribution < 1.29 is 32.9 Å². The highest BCUT2D eigenvalue weighted by Crippen LogP contribution is 2.38. The molecule has 1 heterocycles. The Bertz CT molecular complexity index is 1100. The van der Waals surface area contributed by atoms with Crippen LogP contribution >= 0.6 is 0 Å². The van der Waals surface area contributed by atoms with Crippen molar-refractivity contribution in [1.29, 1.82) is 0 Å². The largest absolute Gasteiger partial charge is 0.497 e. The van der Waals surface area contributed by atoms with Crippen LogP contribution < -0.4 is 29.3 Å². The summed E-state index contributed by atoms with van der Waals surface area (Å²) < 4.78 is 27.1. The molecule has 9 nitrogen and oxygen atoms in total. The Morgan fingerprint density at radius 3 is 2.13 bits per heavy atom. The number of aromatic amines is 1.